The van der Waals surface area contributed by atoms with Gasteiger partial charge in [0.1, 0.15) is 0 Å². The monoisotopic (exact) mass is 275 g/mol. The molecule has 1 aromatic rings. The Morgan fingerprint density at radius 1 is 1.20 bits per heavy atom. The first kappa shape index (κ1) is 12.8. The van der Waals surface area contributed by atoms with Gasteiger partial charge in [0.25, 0.3) is 0 Å². The summed E-state index contributed by atoms with van der Waals surface area (Å²) in [6.45, 7) is 5.27. The number of ether oxygens (including phenoxy) is 1. The molecule has 0 aromatic carbocycles. The summed E-state index contributed by atoms with van der Waals surface area (Å²) in [4.78, 5) is 7.20. The van der Waals surface area contributed by atoms with Crippen LogP contribution < -0.4 is 0 Å². The summed E-state index contributed by atoms with van der Waals surface area (Å²) in [7, 11) is 2.12. The molecule has 0 bridgehead atoms. The zero-order valence-electron chi connectivity index (χ0n) is 12.4. The van der Waals surface area contributed by atoms with Gasteiger partial charge in [-0.2, -0.15) is 0 Å². The van der Waals surface area contributed by atoms with Gasteiger partial charge >= 0.3 is 0 Å². The first-order valence-electron chi connectivity index (χ1n) is 8.10. The van der Waals surface area contributed by atoms with Crippen LogP contribution in [0.5, 0.6) is 0 Å². The molecule has 0 N–H and O–H groups in total. The van der Waals surface area contributed by atoms with E-state index in [1.165, 1.54) is 43.6 Å². The van der Waals surface area contributed by atoms with Gasteiger partial charge in [-0.15, -0.1) is 0 Å². The minimum Gasteiger partial charge on any atom is -0.380 e. The van der Waals surface area contributed by atoms with Crippen molar-refractivity contribution in [3.63, 3.8) is 0 Å². The van der Waals surface area contributed by atoms with Crippen LogP contribution in [0.1, 0.15) is 43.0 Å². The van der Waals surface area contributed by atoms with Gasteiger partial charge in [-0.05, 0) is 37.5 Å². The van der Waals surface area contributed by atoms with Crippen LogP contribution in [0.3, 0.4) is 0 Å². The molecule has 2 fully saturated rings. The molecular weight excluding hydrogens is 250 g/mol. The van der Waals surface area contributed by atoms with Crippen molar-refractivity contribution in [3.8, 4) is 0 Å². The number of aryl methyl sites for hydroxylation is 1. The molecule has 2 saturated carbocycles. The van der Waals surface area contributed by atoms with Crippen LogP contribution in [0, 0.1) is 11.8 Å². The molecule has 110 valence electrons. The van der Waals surface area contributed by atoms with E-state index in [0.717, 1.165) is 38.1 Å². The van der Waals surface area contributed by atoms with Crippen LogP contribution in [-0.2, 0) is 18.3 Å². The lowest BCUT2D eigenvalue weighted by molar-refractivity contribution is 0.0873. The summed E-state index contributed by atoms with van der Waals surface area (Å²) in [6.07, 6.45) is 7.56. The summed E-state index contributed by atoms with van der Waals surface area (Å²) in [5.41, 5.74) is 2.69. The van der Waals surface area contributed by atoms with Crippen LogP contribution in [0.2, 0.25) is 0 Å². The second-order valence-electron chi connectivity index (χ2n) is 7.00. The lowest BCUT2D eigenvalue weighted by atomic mass is 9.98. The van der Waals surface area contributed by atoms with E-state index in [1.807, 2.05) is 6.33 Å². The molecule has 0 amide bonds. The summed E-state index contributed by atoms with van der Waals surface area (Å²) in [6, 6.07) is 0. The van der Waals surface area contributed by atoms with E-state index in [4.69, 9.17) is 4.74 Å². The van der Waals surface area contributed by atoms with Gasteiger partial charge in [-0.3, -0.25) is 4.90 Å². The number of aromatic nitrogens is 2. The quantitative estimate of drug-likeness (QED) is 0.797. The van der Waals surface area contributed by atoms with Gasteiger partial charge in [0.2, 0.25) is 0 Å². The van der Waals surface area contributed by atoms with Gasteiger partial charge in [0.15, 0.2) is 0 Å². The highest BCUT2D eigenvalue weighted by Crippen LogP contribution is 2.34. The van der Waals surface area contributed by atoms with Crippen molar-refractivity contribution in [1.82, 2.24) is 14.5 Å². The van der Waals surface area contributed by atoms with Crippen molar-refractivity contribution in [1.29, 1.82) is 0 Å². The van der Waals surface area contributed by atoms with E-state index in [0.29, 0.717) is 5.92 Å². The Morgan fingerprint density at radius 3 is 2.75 bits per heavy atom. The average Bonchev–Trinajstić information content (AvgIpc) is 3.33. The smallest absolute Gasteiger partial charge is 0.0949 e. The van der Waals surface area contributed by atoms with Gasteiger partial charge < -0.3 is 9.30 Å². The number of rotatable bonds is 6. The number of hydrogen-bond acceptors (Lipinski definition) is 3. The Bertz CT molecular complexity index is 476. The highest BCUT2D eigenvalue weighted by Gasteiger charge is 2.33. The van der Waals surface area contributed by atoms with Crippen molar-refractivity contribution < 1.29 is 4.74 Å². The molecule has 0 saturated heterocycles. The molecule has 1 aliphatic heterocycles. The molecule has 20 heavy (non-hydrogen) atoms. The van der Waals surface area contributed by atoms with Gasteiger partial charge in [0.05, 0.1) is 18.6 Å². The Balaban J connectivity index is 1.43. The lowest BCUT2D eigenvalue weighted by Gasteiger charge is -2.32. The highest BCUT2D eigenvalue weighted by atomic mass is 16.5. The Kier molecular flexibility index (Phi) is 3.31. The fourth-order valence-electron chi connectivity index (χ4n) is 3.41. The standard InChI is InChI=1S/C16H25N3O/c1-18-11-17-15-8-19(6-12-2-3-12)7-14(16(15)18)10-20-9-13-4-5-13/h11-14H,2-10H2,1H3/t14-/m0/s1. The molecule has 1 aromatic heterocycles. The molecule has 0 unspecified atom stereocenters. The van der Waals surface area contributed by atoms with Gasteiger partial charge in [-0.25, -0.2) is 4.98 Å². The minimum absolute atomic E-state index is 0.503. The predicted octanol–water partition coefficient (Wildman–Crippen LogP) is 2.16. The molecule has 4 heteroatoms. The maximum atomic E-state index is 5.98. The number of fused-ring (bicyclic) bond motifs is 1. The van der Waals surface area contributed by atoms with Crippen molar-refractivity contribution in [2.45, 2.75) is 38.1 Å². The van der Waals surface area contributed by atoms with Crippen LogP contribution in [-0.4, -0.2) is 40.8 Å². The first-order valence-corrected chi connectivity index (χ1v) is 8.10. The lowest BCUT2D eigenvalue weighted by Crippen LogP contribution is -2.37. The van der Waals surface area contributed by atoms with Crippen LogP contribution in [0.25, 0.3) is 0 Å². The summed E-state index contributed by atoms with van der Waals surface area (Å²) >= 11 is 0. The van der Waals surface area contributed by atoms with Crippen molar-refractivity contribution in [2.75, 3.05) is 26.3 Å². The fourth-order valence-corrected chi connectivity index (χ4v) is 3.41. The third kappa shape index (κ3) is 2.77. The first-order chi connectivity index (χ1) is 9.79. The molecule has 4 nitrogen and oxygen atoms in total. The predicted molar refractivity (Wildman–Crippen MR) is 77.5 cm³/mol. The van der Waals surface area contributed by atoms with Crippen molar-refractivity contribution in [3.05, 3.63) is 17.7 Å². The van der Waals surface area contributed by atoms with E-state index in [2.05, 4.69) is 21.5 Å². The Labute approximate surface area is 121 Å². The average molecular weight is 275 g/mol. The normalized spacial score (nSPS) is 26.8. The maximum absolute atomic E-state index is 5.98. The van der Waals surface area contributed by atoms with Crippen molar-refractivity contribution >= 4 is 0 Å². The molecular formula is C16H25N3O. The van der Waals surface area contributed by atoms with E-state index < -0.39 is 0 Å². The minimum atomic E-state index is 0.503. The van der Waals surface area contributed by atoms with Crippen LogP contribution in [0.4, 0.5) is 0 Å². The molecule has 1 atom stereocenters. The topological polar surface area (TPSA) is 30.3 Å². The van der Waals surface area contributed by atoms with Gasteiger partial charge in [-0.1, -0.05) is 0 Å². The third-order valence-corrected chi connectivity index (χ3v) is 4.88. The zero-order chi connectivity index (χ0) is 13.5. The van der Waals surface area contributed by atoms with E-state index in [1.54, 1.807) is 0 Å². The second-order valence-corrected chi connectivity index (χ2v) is 7.00. The molecule has 4 rings (SSSR count). The number of imidazole rings is 1. The van der Waals surface area contributed by atoms with E-state index >= 15 is 0 Å². The summed E-state index contributed by atoms with van der Waals surface area (Å²) < 4.78 is 8.18. The van der Waals surface area contributed by atoms with Gasteiger partial charge in [0, 0.05) is 44.9 Å². The van der Waals surface area contributed by atoms with Crippen LogP contribution >= 0.6 is 0 Å². The molecule has 3 aliphatic rings. The van der Waals surface area contributed by atoms with Crippen LogP contribution in [0.15, 0.2) is 6.33 Å². The number of nitrogens with zero attached hydrogens (tertiary/aromatic N) is 3. The van der Waals surface area contributed by atoms with E-state index in [9.17, 15) is 0 Å². The highest BCUT2D eigenvalue weighted by molar-refractivity contribution is 5.22. The molecule has 2 aliphatic carbocycles. The fraction of sp³-hybridized carbons (Fsp3) is 0.812. The Morgan fingerprint density at radius 2 is 2.00 bits per heavy atom. The summed E-state index contributed by atoms with van der Waals surface area (Å²) in [5, 5.41) is 0. The Hall–Kier alpha value is -0.870. The summed E-state index contributed by atoms with van der Waals surface area (Å²) in [5.74, 6) is 2.31. The van der Waals surface area contributed by atoms with Crippen molar-refractivity contribution in [2.24, 2.45) is 18.9 Å². The molecule has 0 spiro atoms. The molecule has 0 radical (unpaired) electrons. The molecule has 2 heterocycles. The SMILES string of the molecule is Cn1cnc2c1[C@H](COCC1CC1)CN(CC1CC1)C2. The van der Waals surface area contributed by atoms with E-state index in [-0.39, 0.29) is 0 Å². The largest absolute Gasteiger partial charge is 0.380 e. The second kappa shape index (κ2) is 5.15. The zero-order valence-corrected chi connectivity index (χ0v) is 12.4. The number of hydrogen-bond donors (Lipinski definition) is 0. The third-order valence-electron chi connectivity index (χ3n) is 4.88. The maximum Gasteiger partial charge on any atom is 0.0949 e.